The maximum Gasteiger partial charge on any atom is 0.335 e. The van der Waals surface area contributed by atoms with Gasteiger partial charge in [-0.15, -0.1) is 6.42 Å². The molecule has 34 heavy (non-hydrogen) atoms. The first-order valence-corrected chi connectivity index (χ1v) is 12.0. The normalized spacial score (nSPS) is 45.5. The third-order valence-corrected chi connectivity index (χ3v) is 9.19. The van der Waals surface area contributed by atoms with Crippen LogP contribution in [0.3, 0.4) is 0 Å². The molecule has 0 aromatic heterocycles. The number of benzene rings is 1. The number of fused-ring (bicyclic) bond motifs is 5. The Morgan fingerprint density at radius 2 is 1.91 bits per heavy atom. The number of carboxylic acid groups (broad SMARTS) is 1. The van der Waals surface area contributed by atoms with E-state index < -0.39 is 47.7 Å². The zero-order valence-electron chi connectivity index (χ0n) is 19.1. The van der Waals surface area contributed by atoms with E-state index in [-0.39, 0.29) is 11.7 Å². The number of aliphatic hydroxyl groups excluding tert-OH is 3. The first-order chi connectivity index (χ1) is 16.1. The third kappa shape index (κ3) is 3.29. The van der Waals surface area contributed by atoms with E-state index in [2.05, 4.69) is 12.8 Å². The van der Waals surface area contributed by atoms with Gasteiger partial charge >= 0.3 is 5.97 Å². The molecule has 1 aromatic rings. The first kappa shape index (κ1) is 23.6. The second-order valence-corrected chi connectivity index (χ2v) is 10.6. The Hall–Kier alpha value is -2.15. The number of ether oxygens (including phenoxy) is 2. The molecule has 1 aromatic carbocycles. The van der Waals surface area contributed by atoms with Crippen molar-refractivity contribution < 1.29 is 39.8 Å². The summed E-state index contributed by atoms with van der Waals surface area (Å²) in [5.74, 6) is 2.70. The molecule has 2 saturated carbocycles. The average Bonchev–Trinajstić information content (AvgIpc) is 3.11. The largest absolute Gasteiger partial charge is 0.508 e. The van der Waals surface area contributed by atoms with E-state index >= 15 is 0 Å². The van der Waals surface area contributed by atoms with Crippen molar-refractivity contribution in [1.82, 2.24) is 0 Å². The van der Waals surface area contributed by atoms with Crippen molar-refractivity contribution in [2.45, 2.75) is 87.7 Å². The summed E-state index contributed by atoms with van der Waals surface area (Å²) < 4.78 is 11.7. The van der Waals surface area contributed by atoms with Gasteiger partial charge in [-0.2, -0.15) is 0 Å². The van der Waals surface area contributed by atoms with Gasteiger partial charge in [-0.05, 0) is 79.5 Å². The van der Waals surface area contributed by atoms with E-state index in [1.807, 2.05) is 12.1 Å². The predicted octanol–water partition coefficient (Wildman–Crippen LogP) is 1.53. The molecule has 4 unspecified atom stereocenters. The fourth-order valence-electron chi connectivity index (χ4n) is 7.38. The van der Waals surface area contributed by atoms with Crippen molar-refractivity contribution in [1.29, 1.82) is 0 Å². The van der Waals surface area contributed by atoms with Crippen molar-refractivity contribution in [2.24, 2.45) is 17.3 Å². The highest BCUT2D eigenvalue weighted by atomic mass is 16.7. The summed E-state index contributed by atoms with van der Waals surface area (Å²) in [5, 5.41) is 50.1. The van der Waals surface area contributed by atoms with E-state index in [9.17, 15) is 30.3 Å². The van der Waals surface area contributed by atoms with Crippen LogP contribution >= 0.6 is 0 Å². The Bertz CT molecular complexity index is 1020. The van der Waals surface area contributed by atoms with Crippen LogP contribution in [0.1, 0.15) is 56.1 Å². The molecule has 1 saturated heterocycles. The van der Waals surface area contributed by atoms with Crippen molar-refractivity contribution in [3.63, 3.8) is 0 Å². The summed E-state index contributed by atoms with van der Waals surface area (Å²) in [4.78, 5) is 11.5. The number of aliphatic hydroxyl groups is 3. The van der Waals surface area contributed by atoms with Crippen LogP contribution in [-0.4, -0.2) is 67.8 Å². The summed E-state index contributed by atoms with van der Waals surface area (Å²) in [7, 11) is 0. The number of terminal acetylenes is 1. The van der Waals surface area contributed by atoms with Crippen LogP contribution in [-0.2, 0) is 20.7 Å². The average molecular weight is 473 g/mol. The van der Waals surface area contributed by atoms with Gasteiger partial charge in [0, 0.05) is 5.41 Å². The summed E-state index contributed by atoms with van der Waals surface area (Å²) in [5.41, 5.74) is 0.963. The molecule has 8 heteroatoms. The second-order valence-electron chi connectivity index (χ2n) is 10.6. The van der Waals surface area contributed by atoms with Gasteiger partial charge in [-0.25, -0.2) is 4.79 Å². The highest BCUT2D eigenvalue weighted by Crippen LogP contribution is 2.65. The molecule has 184 valence electrons. The first-order valence-electron chi connectivity index (χ1n) is 12.0. The summed E-state index contributed by atoms with van der Waals surface area (Å²) >= 11 is 0. The van der Waals surface area contributed by atoms with Gasteiger partial charge in [0.2, 0.25) is 0 Å². The molecule has 1 aliphatic heterocycles. The maximum absolute atomic E-state index is 11.5. The minimum Gasteiger partial charge on any atom is -0.508 e. The topological polar surface area (TPSA) is 137 Å². The summed E-state index contributed by atoms with van der Waals surface area (Å²) in [6, 6.07) is 5.65. The van der Waals surface area contributed by atoms with Crippen LogP contribution in [0.25, 0.3) is 0 Å². The van der Waals surface area contributed by atoms with Crippen molar-refractivity contribution in [3.8, 4) is 18.1 Å². The van der Waals surface area contributed by atoms with Crippen molar-refractivity contribution in [3.05, 3.63) is 29.3 Å². The number of phenolic OH excluding ortho intramolecular Hbond substituents is 1. The molecule has 0 radical (unpaired) electrons. The second kappa shape index (κ2) is 8.21. The molecular weight excluding hydrogens is 440 g/mol. The lowest BCUT2D eigenvalue weighted by atomic mass is 9.53. The van der Waals surface area contributed by atoms with Crippen LogP contribution in [0.15, 0.2) is 18.2 Å². The van der Waals surface area contributed by atoms with E-state index in [0.29, 0.717) is 18.3 Å². The summed E-state index contributed by atoms with van der Waals surface area (Å²) in [6.07, 6.45) is 2.62. The monoisotopic (exact) mass is 472 g/mol. The van der Waals surface area contributed by atoms with E-state index in [1.165, 1.54) is 11.1 Å². The molecule has 4 aliphatic rings. The molecule has 0 spiro atoms. The predicted molar refractivity (Wildman–Crippen MR) is 120 cm³/mol. The van der Waals surface area contributed by atoms with E-state index in [0.717, 1.165) is 32.1 Å². The number of rotatable bonds is 3. The quantitative estimate of drug-likeness (QED) is 0.418. The molecule has 1 heterocycles. The zero-order chi connectivity index (χ0) is 24.4. The molecule has 10 atom stereocenters. The molecule has 5 rings (SSSR count). The Morgan fingerprint density at radius 3 is 2.62 bits per heavy atom. The molecule has 0 amide bonds. The fraction of sp³-hybridized carbons (Fsp3) is 0.654. The van der Waals surface area contributed by atoms with Crippen molar-refractivity contribution in [2.75, 3.05) is 0 Å². The Morgan fingerprint density at radius 1 is 1.15 bits per heavy atom. The van der Waals surface area contributed by atoms with Gasteiger partial charge in [0.05, 0.1) is 0 Å². The van der Waals surface area contributed by atoms with Gasteiger partial charge < -0.3 is 35.0 Å². The number of carboxylic acids is 1. The third-order valence-electron chi connectivity index (χ3n) is 9.19. The van der Waals surface area contributed by atoms with Crippen LogP contribution in [0, 0.1) is 29.6 Å². The highest BCUT2D eigenvalue weighted by Gasteiger charge is 2.64. The number of phenols is 1. The van der Waals surface area contributed by atoms with E-state index in [1.54, 1.807) is 6.07 Å². The number of hydrogen-bond donors (Lipinski definition) is 5. The Kier molecular flexibility index (Phi) is 5.70. The number of aryl methyl sites for hydroxylation is 1. The lowest BCUT2D eigenvalue weighted by Gasteiger charge is -2.54. The fourth-order valence-corrected chi connectivity index (χ4v) is 7.38. The molecule has 8 nitrogen and oxygen atoms in total. The molecule has 5 N–H and O–H groups in total. The van der Waals surface area contributed by atoms with Crippen LogP contribution in [0.2, 0.25) is 0 Å². The van der Waals surface area contributed by atoms with Gasteiger partial charge in [-0.1, -0.05) is 18.9 Å². The van der Waals surface area contributed by atoms with Gasteiger partial charge in [0.1, 0.15) is 29.7 Å². The lowest BCUT2D eigenvalue weighted by molar-refractivity contribution is -0.324. The minimum atomic E-state index is -1.78. The van der Waals surface area contributed by atoms with Crippen LogP contribution in [0.5, 0.6) is 5.75 Å². The van der Waals surface area contributed by atoms with Crippen LogP contribution in [0.4, 0.5) is 0 Å². The van der Waals surface area contributed by atoms with Gasteiger partial charge in [0.25, 0.3) is 0 Å². The highest BCUT2D eigenvalue weighted by molar-refractivity contribution is 5.73. The molecule has 3 fully saturated rings. The number of hydrogen-bond acceptors (Lipinski definition) is 7. The molecule has 0 bridgehead atoms. The molecular formula is C26H32O8. The zero-order valence-corrected chi connectivity index (χ0v) is 19.1. The SMILES string of the molecule is C#CC1(O[C@@H]2O[C@H](C(=O)O)[C@@H](O)[C@H](O)[C@H]2O)CCC2C3CCc4cc(O)ccc4C3CC[C@@]21C. The minimum absolute atomic E-state index is 0.260. The van der Waals surface area contributed by atoms with E-state index in [4.69, 9.17) is 15.9 Å². The van der Waals surface area contributed by atoms with Gasteiger partial charge in [-0.3, -0.25) is 0 Å². The standard InChI is InChI=1S/C26H32O8/c1-3-26(34-24-21(30)19(28)20(29)22(33-24)23(31)32)11-9-18-17-6-4-13-12-14(27)5-7-15(13)16(17)8-10-25(18,26)2/h1,5,7,12,16-22,24,27-30H,4,6,8-11H2,2H3,(H,31,32)/t16?,17?,18?,19-,20-,21+,22-,24-,25-,26?/m0/s1. The van der Waals surface area contributed by atoms with Gasteiger partial charge in [0.15, 0.2) is 12.4 Å². The maximum atomic E-state index is 11.5. The molecule has 3 aliphatic carbocycles. The van der Waals surface area contributed by atoms with Crippen molar-refractivity contribution >= 4 is 5.97 Å². The lowest BCUT2D eigenvalue weighted by Crippen LogP contribution is -2.63. The Balaban J connectivity index is 1.42. The summed E-state index contributed by atoms with van der Waals surface area (Å²) in [6.45, 7) is 2.11. The van der Waals surface area contributed by atoms with Crippen LogP contribution < -0.4 is 0 Å². The number of aromatic hydroxyl groups is 1. The smallest absolute Gasteiger partial charge is 0.335 e. The number of carbonyl (C=O) groups is 1. The Labute approximate surface area is 198 Å². The number of aliphatic carboxylic acids is 1.